The van der Waals surface area contributed by atoms with E-state index in [0.717, 1.165) is 38.7 Å². The fraction of sp³-hybridized carbons (Fsp3) is 0.450. The molecule has 8 heteroatoms. The molecule has 1 heterocycles. The van der Waals surface area contributed by atoms with Crippen LogP contribution < -0.4 is 4.74 Å². The van der Waals surface area contributed by atoms with Gasteiger partial charge < -0.3 is 9.30 Å². The molecule has 0 aliphatic rings. The van der Waals surface area contributed by atoms with E-state index in [4.69, 9.17) is 4.74 Å². The molecule has 0 amide bonds. The minimum atomic E-state index is -3.62. The Morgan fingerprint density at radius 3 is 2.25 bits per heavy atom. The standard InChI is InChI=1S/C20H29N3O4S/c1-15-13-19(20(24)14-22(5)28(25,26)21(3)4)16(2)23(15)12-11-17-7-9-18(27-6)10-8-17/h7-10,13H,11-12,14H2,1-6H3. The Bertz CT molecular complexity index is 931. The van der Waals surface area contributed by atoms with Gasteiger partial charge in [-0.2, -0.15) is 17.0 Å². The molecule has 2 rings (SSSR count). The van der Waals surface area contributed by atoms with Gasteiger partial charge in [-0.25, -0.2) is 0 Å². The Morgan fingerprint density at radius 2 is 1.71 bits per heavy atom. The number of hydrogen-bond donors (Lipinski definition) is 0. The normalized spacial score (nSPS) is 12.0. The molecule has 0 aliphatic heterocycles. The molecule has 0 radical (unpaired) electrons. The SMILES string of the molecule is COc1ccc(CCn2c(C)cc(C(=O)CN(C)S(=O)(=O)N(C)C)c2C)cc1. The summed E-state index contributed by atoms with van der Waals surface area (Å²) in [6, 6.07) is 9.75. The summed E-state index contributed by atoms with van der Waals surface area (Å²) in [6.07, 6.45) is 0.822. The number of carbonyl (C=O) groups excluding carboxylic acids is 1. The first-order chi connectivity index (χ1) is 13.1. The van der Waals surface area contributed by atoms with Crippen LogP contribution in [0.25, 0.3) is 0 Å². The lowest BCUT2D eigenvalue weighted by Gasteiger charge is -2.20. The average Bonchev–Trinajstić information content (AvgIpc) is 2.94. The molecule has 2 aromatic rings. The Hall–Kier alpha value is -2.16. The molecular formula is C20H29N3O4S. The summed E-state index contributed by atoms with van der Waals surface area (Å²) in [5.74, 6) is 0.610. The van der Waals surface area contributed by atoms with Crippen LogP contribution in [0.5, 0.6) is 5.75 Å². The number of likely N-dealkylation sites (N-methyl/N-ethyl adjacent to an activating group) is 1. The van der Waals surface area contributed by atoms with Gasteiger partial charge in [-0.1, -0.05) is 12.1 Å². The Balaban J connectivity index is 2.12. The van der Waals surface area contributed by atoms with Crippen LogP contribution in [0.4, 0.5) is 0 Å². The zero-order chi connectivity index (χ0) is 21.1. The highest BCUT2D eigenvalue weighted by atomic mass is 32.2. The Morgan fingerprint density at radius 1 is 1.11 bits per heavy atom. The van der Waals surface area contributed by atoms with Gasteiger partial charge in [0, 0.05) is 44.6 Å². The highest BCUT2D eigenvalue weighted by molar-refractivity contribution is 7.86. The van der Waals surface area contributed by atoms with Crippen molar-refractivity contribution in [3.8, 4) is 5.75 Å². The number of aryl methyl sites for hydroxylation is 2. The second kappa shape index (κ2) is 8.89. The summed E-state index contributed by atoms with van der Waals surface area (Å²) < 4.78 is 33.7. The Labute approximate surface area is 167 Å². The van der Waals surface area contributed by atoms with E-state index in [1.54, 1.807) is 7.11 Å². The van der Waals surface area contributed by atoms with Crippen molar-refractivity contribution in [1.29, 1.82) is 0 Å². The molecule has 0 unspecified atom stereocenters. The molecule has 7 nitrogen and oxygen atoms in total. The number of hydrogen-bond acceptors (Lipinski definition) is 4. The van der Waals surface area contributed by atoms with E-state index < -0.39 is 10.2 Å². The first-order valence-corrected chi connectivity index (χ1v) is 10.4. The number of aromatic nitrogens is 1. The summed E-state index contributed by atoms with van der Waals surface area (Å²) in [5.41, 5.74) is 3.57. The third-order valence-electron chi connectivity index (χ3n) is 4.88. The highest BCUT2D eigenvalue weighted by Crippen LogP contribution is 2.19. The van der Waals surface area contributed by atoms with Gasteiger partial charge in [0.05, 0.1) is 13.7 Å². The van der Waals surface area contributed by atoms with Crippen LogP contribution in [0.2, 0.25) is 0 Å². The van der Waals surface area contributed by atoms with Crippen molar-refractivity contribution < 1.29 is 17.9 Å². The van der Waals surface area contributed by atoms with Crippen LogP contribution in [0.15, 0.2) is 30.3 Å². The molecule has 0 saturated heterocycles. The van der Waals surface area contributed by atoms with E-state index in [0.29, 0.717) is 5.56 Å². The van der Waals surface area contributed by atoms with Gasteiger partial charge in [0.2, 0.25) is 0 Å². The van der Waals surface area contributed by atoms with Crippen LogP contribution in [0.1, 0.15) is 27.3 Å². The van der Waals surface area contributed by atoms with Gasteiger partial charge in [-0.3, -0.25) is 4.79 Å². The number of benzene rings is 1. The number of rotatable bonds is 9. The monoisotopic (exact) mass is 407 g/mol. The maximum absolute atomic E-state index is 12.7. The highest BCUT2D eigenvalue weighted by Gasteiger charge is 2.25. The van der Waals surface area contributed by atoms with Crippen LogP contribution in [-0.2, 0) is 23.2 Å². The third kappa shape index (κ3) is 4.81. The zero-order valence-electron chi connectivity index (χ0n) is 17.4. The van der Waals surface area contributed by atoms with Crippen molar-refractivity contribution in [2.75, 3.05) is 34.8 Å². The molecule has 154 valence electrons. The predicted octanol–water partition coefficient (Wildman–Crippen LogP) is 2.28. The fourth-order valence-corrected chi connectivity index (χ4v) is 3.95. The topological polar surface area (TPSA) is 71.8 Å². The molecule has 0 fully saturated rings. The summed E-state index contributed by atoms with van der Waals surface area (Å²) in [6.45, 7) is 4.40. The van der Waals surface area contributed by atoms with Crippen molar-refractivity contribution in [1.82, 2.24) is 13.2 Å². The summed E-state index contributed by atoms with van der Waals surface area (Å²) in [7, 11) is 2.33. The minimum Gasteiger partial charge on any atom is -0.497 e. The Kier molecular flexibility index (Phi) is 7.03. The van der Waals surface area contributed by atoms with Crippen molar-refractivity contribution in [3.63, 3.8) is 0 Å². The van der Waals surface area contributed by atoms with Gasteiger partial charge in [0.25, 0.3) is 10.2 Å². The molecule has 0 N–H and O–H groups in total. The summed E-state index contributed by atoms with van der Waals surface area (Å²) in [4.78, 5) is 12.7. The second-order valence-corrected chi connectivity index (χ2v) is 9.25. The number of ketones is 1. The first kappa shape index (κ1) is 22.1. The molecule has 28 heavy (non-hydrogen) atoms. The molecular weight excluding hydrogens is 378 g/mol. The van der Waals surface area contributed by atoms with Gasteiger partial charge in [0.1, 0.15) is 5.75 Å². The first-order valence-electron chi connectivity index (χ1n) is 9.04. The van der Waals surface area contributed by atoms with Crippen molar-refractivity contribution >= 4 is 16.0 Å². The molecule has 0 spiro atoms. The molecule has 0 bridgehead atoms. The lowest BCUT2D eigenvalue weighted by atomic mass is 10.1. The largest absolute Gasteiger partial charge is 0.497 e. The van der Waals surface area contributed by atoms with Crippen LogP contribution in [-0.4, -0.2) is 62.2 Å². The van der Waals surface area contributed by atoms with Gasteiger partial charge in [-0.05, 0) is 44.0 Å². The number of ether oxygens (including phenoxy) is 1. The van der Waals surface area contributed by atoms with Gasteiger partial charge in [-0.15, -0.1) is 0 Å². The lowest BCUT2D eigenvalue weighted by molar-refractivity contribution is 0.0970. The van der Waals surface area contributed by atoms with Crippen LogP contribution in [0.3, 0.4) is 0 Å². The molecule has 1 aromatic carbocycles. The molecule has 0 atom stereocenters. The summed E-state index contributed by atoms with van der Waals surface area (Å²) >= 11 is 0. The second-order valence-electron chi connectivity index (χ2n) is 7.00. The number of methoxy groups -OCH3 is 1. The number of carbonyl (C=O) groups is 1. The minimum absolute atomic E-state index is 0.191. The van der Waals surface area contributed by atoms with E-state index in [1.165, 1.54) is 26.7 Å². The van der Waals surface area contributed by atoms with Gasteiger partial charge >= 0.3 is 0 Å². The predicted molar refractivity (Wildman–Crippen MR) is 110 cm³/mol. The maximum atomic E-state index is 12.7. The third-order valence-corrected chi connectivity index (χ3v) is 6.72. The van der Waals surface area contributed by atoms with E-state index in [2.05, 4.69) is 4.57 Å². The van der Waals surface area contributed by atoms with E-state index in [1.807, 2.05) is 44.2 Å². The quantitative estimate of drug-likeness (QED) is 0.598. The summed E-state index contributed by atoms with van der Waals surface area (Å²) in [5, 5.41) is 0. The van der Waals surface area contributed by atoms with E-state index in [-0.39, 0.29) is 12.3 Å². The van der Waals surface area contributed by atoms with Crippen molar-refractivity contribution in [3.05, 3.63) is 52.8 Å². The van der Waals surface area contributed by atoms with Crippen LogP contribution >= 0.6 is 0 Å². The smallest absolute Gasteiger partial charge is 0.281 e. The van der Waals surface area contributed by atoms with Crippen molar-refractivity contribution in [2.45, 2.75) is 26.8 Å². The lowest BCUT2D eigenvalue weighted by Crippen LogP contribution is -2.40. The molecule has 0 aliphatic carbocycles. The van der Waals surface area contributed by atoms with Crippen LogP contribution in [0, 0.1) is 13.8 Å². The zero-order valence-corrected chi connectivity index (χ0v) is 18.2. The number of Topliss-reactive ketones (excluding diaryl/α,β-unsaturated/α-hetero) is 1. The van der Waals surface area contributed by atoms with Gasteiger partial charge in [0.15, 0.2) is 5.78 Å². The molecule has 0 saturated carbocycles. The van der Waals surface area contributed by atoms with Crippen molar-refractivity contribution in [2.24, 2.45) is 0 Å². The molecule has 1 aromatic heterocycles. The van der Waals surface area contributed by atoms with E-state index in [9.17, 15) is 13.2 Å². The number of nitrogens with zero attached hydrogens (tertiary/aromatic N) is 3. The maximum Gasteiger partial charge on any atom is 0.281 e. The fourth-order valence-electron chi connectivity index (χ4n) is 3.11. The average molecular weight is 408 g/mol. The van der Waals surface area contributed by atoms with E-state index >= 15 is 0 Å².